The normalized spacial score (nSPS) is 11.2. The second-order valence-corrected chi connectivity index (χ2v) is 5.31. The molecule has 0 bridgehead atoms. The standard InChI is InChI=1S/C15H8Cl2N4O/c16-13-19-14(17)21-15(20-13)22-8-5-6-10-9-3-1-2-4-11(9)18-12(10)7-8/h1-7,18H. The lowest BCUT2D eigenvalue weighted by molar-refractivity contribution is 0.440. The van der Waals surface area contributed by atoms with Crippen molar-refractivity contribution in [1.82, 2.24) is 19.9 Å². The number of aromatic nitrogens is 4. The number of ether oxygens (including phenoxy) is 1. The summed E-state index contributed by atoms with van der Waals surface area (Å²) >= 11 is 11.5. The molecule has 0 aliphatic carbocycles. The molecular formula is C15H8Cl2N4O. The molecule has 2 aromatic carbocycles. The van der Waals surface area contributed by atoms with Crippen LogP contribution in [0.4, 0.5) is 0 Å². The van der Waals surface area contributed by atoms with Crippen LogP contribution in [0.2, 0.25) is 10.6 Å². The molecule has 0 aliphatic heterocycles. The molecule has 22 heavy (non-hydrogen) atoms. The van der Waals surface area contributed by atoms with E-state index in [2.05, 4.69) is 26.0 Å². The number of rotatable bonds is 2. The molecule has 0 fully saturated rings. The summed E-state index contributed by atoms with van der Waals surface area (Å²) < 4.78 is 5.59. The lowest BCUT2D eigenvalue weighted by Crippen LogP contribution is -1.95. The minimum absolute atomic E-state index is 0.0123. The van der Waals surface area contributed by atoms with Gasteiger partial charge in [-0.05, 0) is 41.4 Å². The molecular weight excluding hydrogens is 323 g/mol. The van der Waals surface area contributed by atoms with Crippen molar-refractivity contribution in [2.75, 3.05) is 0 Å². The van der Waals surface area contributed by atoms with Crippen LogP contribution in [0.25, 0.3) is 21.8 Å². The number of hydrogen-bond donors (Lipinski definition) is 1. The molecule has 4 rings (SSSR count). The maximum Gasteiger partial charge on any atom is 0.327 e. The smallest absolute Gasteiger partial charge is 0.327 e. The van der Waals surface area contributed by atoms with Gasteiger partial charge in [-0.2, -0.15) is 15.0 Å². The number of benzene rings is 2. The third-order valence-corrected chi connectivity index (χ3v) is 3.59. The lowest BCUT2D eigenvalue weighted by atomic mass is 10.1. The SMILES string of the molecule is Clc1nc(Cl)nc(Oc2ccc3c(c2)[nH]c2ccccc23)n1. The number of para-hydroxylation sites is 1. The van der Waals surface area contributed by atoms with Crippen LogP contribution < -0.4 is 4.74 Å². The molecule has 5 nitrogen and oxygen atoms in total. The van der Waals surface area contributed by atoms with E-state index in [1.54, 1.807) is 0 Å². The first-order valence-corrected chi connectivity index (χ1v) is 7.20. The van der Waals surface area contributed by atoms with Gasteiger partial charge in [0.05, 0.1) is 5.52 Å². The Morgan fingerprint density at radius 3 is 2.36 bits per heavy atom. The fraction of sp³-hybridized carbons (Fsp3) is 0. The Balaban J connectivity index is 1.77. The van der Waals surface area contributed by atoms with Crippen LogP contribution in [0.3, 0.4) is 0 Å². The van der Waals surface area contributed by atoms with Gasteiger partial charge >= 0.3 is 6.01 Å². The van der Waals surface area contributed by atoms with E-state index < -0.39 is 0 Å². The Labute approximate surface area is 134 Å². The van der Waals surface area contributed by atoms with E-state index >= 15 is 0 Å². The summed E-state index contributed by atoms with van der Waals surface area (Å²) in [5, 5.41) is 2.26. The Hall–Kier alpha value is -2.37. The highest BCUT2D eigenvalue weighted by Crippen LogP contribution is 2.29. The molecule has 0 saturated heterocycles. The molecule has 2 heterocycles. The molecule has 0 atom stereocenters. The number of hydrogen-bond acceptors (Lipinski definition) is 4. The predicted molar refractivity (Wildman–Crippen MR) is 85.7 cm³/mol. The summed E-state index contributed by atoms with van der Waals surface area (Å²) in [6, 6.07) is 13.9. The van der Waals surface area contributed by atoms with E-state index in [9.17, 15) is 0 Å². The summed E-state index contributed by atoms with van der Waals surface area (Å²) in [6.45, 7) is 0. The van der Waals surface area contributed by atoms with Crippen molar-refractivity contribution in [2.45, 2.75) is 0 Å². The maximum absolute atomic E-state index is 5.73. The van der Waals surface area contributed by atoms with Crippen molar-refractivity contribution in [3.63, 3.8) is 0 Å². The van der Waals surface area contributed by atoms with Gasteiger partial charge in [0.2, 0.25) is 10.6 Å². The lowest BCUT2D eigenvalue weighted by Gasteiger charge is -2.04. The zero-order valence-corrected chi connectivity index (χ0v) is 12.6. The summed E-state index contributed by atoms with van der Waals surface area (Å²) in [5.74, 6) is 0.581. The van der Waals surface area contributed by atoms with Gasteiger partial charge < -0.3 is 9.72 Å². The van der Waals surface area contributed by atoms with E-state index in [1.165, 1.54) is 0 Å². The van der Waals surface area contributed by atoms with Crippen LogP contribution in [-0.2, 0) is 0 Å². The van der Waals surface area contributed by atoms with Crippen molar-refractivity contribution >= 4 is 45.0 Å². The van der Waals surface area contributed by atoms with Gasteiger partial charge in [-0.1, -0.05) is 18.2 Å². The molecule has 0 saturated carbocycles. The highest BCUT2D eigenvalue weighted by Gasteiger charge is 2.08. The van der Waals surface area contributed by atoms with Crippen molar-refractivity contribution in [3.8, 4) is 11.8 Å². The topological polar surface area (TPSA) is 63.7 Å². The Morgan fingerprint density at radius 2 is 1.55 bits per heavy atom. The van der Waals surface area contributed by atoms with Crippen LogP contribution in [0.15, 0.2) is 42.5 Å². The first-order chi connectivity index (χ1) is 10.7. The highest BCUT2D eigenvalue weighted by molar-refractivity contribution is 6.31. The van der Waals surface area contributed by atoms with E-state index in [1.807, 2.05) is 36.4 Å². The molecule has 0 spiro atoms. The second-order valence-electron chi connectivity index (χ2n) is 4.64. The molecule has 4 aromatic rings. The summed E-state index contributed by atoms with van der Waals surface area (Å²) in [6.07, 6.45) is 0. The van der Waals surface area contributed by atoms with Crippen molar-refractivity contribution < 1.29 is 4.74 Å². The van der Waals surface area contributed by atoms with E-state index in [0.29, 0.717) is 5.75 Å². The number of halogens is 2. The third-order valence-electron chi connectivity index (χ3n) is 3.25. The van der Waals surface area contributed by atoms with Crippen LogP contribution in [0.5, 0.6) is 11.8 Å². The van der Waals surface area contributed by atoms with Crippen LogP contribution in [0.1, 0.15) is 0 Å². The molecule has 0 amide bonds. The van der Waals surface area contributed by atoms with Crippen LogP contribution in [-0.4, -0.2) is 19.9 Å². The number of H-pyrrole nitrogens is 1. The second kappa shape index (κ2) is 5.12. The Kier molecular flexibility index (Phi) is 3.10. The fourth-order valence-electron chi connectivity index (χ4n) is 2.36. The monoisotopic (exact) mass is 330 g/mol. The van der Waals surface area contributed by atoms with Gasteiger partial charge in [-0.15, -0.1) is 0 Å². The molecule has 1 N–H and O–H groups in total. The van der Waals surface area contributed by atoms with Gasteiger partial charge in [0.25, 0.3) is 0 Å². The maximum atomic E-state index is 5.73. The van der Waals surface area contributed by atoms with E-state index in [0.717, 1.165) is 21.8 Å². The summed E-state index contributed by atoms with van der Waals surface area (Å²) in [4.78, 5) is 14.8. The summed E-state index contributed by atoms with van der Waals surface area (Å²) in [5.41, 5.74) is 2.03. The minimum atomic E-state index is -0.0123. The molecule has 0 radical (unpaired) electrons. The van der Waals surface area contributed by atoms with Crippen LogP contribution in [0, 0.1) is 0 Å². The third kappa shape index (κ3) is 2.34. The molecule has 7 heteroatoms. The van der Waals surface area contributed by atoms with Gasteiger partial charge in [-0.3, -0.25) is 0 Å². The van der Waals surface area contributed by atoms with Crippen LogP contribution >= 0.6 is 23.2 Å². The van der Waals surface area contributed by atoms with Gasteiger partial charge in [0.1, 0.15) is 5.75 Å². The average Bonchev–Trinajstić information content (AvgIpc) is 2.83. The first-order valence-electron chi connectivity index (χ1n) is 6.44. The molecule has 0 aliphatic rings. The average molecular weight is 331 g/mol. The largest absolute Gasteiger partial charge is 0.424 e. The van der Waals surface area contributed by atoms with Gasteiger partial charge in [-0.25, -0.2) is 0 Å². The Bertz CT molecular complexity index is 979. The molecule has 108 valence electrons. The van der Waals surface area contributed by atoms with Gasteiger partial charge in [0.15, 0.2) is 0 Å². The number of nitrogens with one attached hydrogen (secondary N) is 1. The zero-order chi connectivity index (χ0) is 15.1. The fourth-order valence-corrected chi connectivity index (χ4v) is 2.71. The van der Waals surface area contributed by atoms with Crippen molar-refractivity contribution in [1.29, 1.82) is 0 Å². The number of aromatic amines is 1. The first kappa shape index (κ1) is 13.3. The van der Waals surface area contributed by atoms with Crippen molar-refractivity contribution in [2.24, 2.45) is 0 Å². The van der Waals surface area contributed by atoms with Crippen molar-refractivity contribution in [3.05, 3.63) is 53.0 Å². The number of fused-ring (bicyclic) bond motifs is 3. The van der Waals surface area contributed by atoms with E-state index in [-0.39, 0.29) is 16.6 Å². The zero-order valence-electron chi connectivity index (χ0n) is 11.0. The number of nitrogens with zero attached hydrogens (tertiary/aromatic N) is 3. The van der Waals surface area contributed by atoms with Gasteiger partial charge in [0, 0.05) is 22.4 Å². The quantitative estimate of drug-likeness (QED) is 0.583. The molecule has 0 unspecified atom stereocenters. The van der Waals surface area contributed by atoms with E-state index in [4.69, 9.17) is 27.9 Å². The minimum Gasteiger partial charge on any atom is -0.424 e. The summed E-state index contributed by atoms with van der Waals surface area (Å²) in [7, 11) is 0. The highest BCUT2D eigenvalue weighted by atomic mass is 35.5. The molecule has 2 aromatic heterocycles. The Morgan fingerprint density at radius 1 is 0.818 bits per heavy atom. The predicted octanol–water partition coefficient (Wildman–Crippen LogP) is 4.61.